The van der Waals surface area contributed by atoms with Crippen molar-refractivity contribution in [2.75, 3.05) is 13.2 Å². The molecular weight excluding hydrogens is 658 g/mol. The van der Waals surface area contributed by atoms with Gasteiger partial charge in [-0.3, -0.25) is 4.79 Å². The highest BCUT2D eigenvalue weighted by molar-refractivity contribution is 9.10. The van der Waals surface area contributed by atoms with Crippen molar-refractivity contribution >= 4 is 39.3 Å². The molecule has 0 radical (unpaired) electrons. The van der Waals surface area contributed by atoms with Crippen LogP contribution in [0.15, 0.2) is 112 Å². The first kappa shape index (κ1) is 32.1. The molecule has 1 aliphatic heterocycles. The number of rotatable bonds is 13. The number of hydrogen-bond donors (Lipinski definition) is 2. The first-order valence-electron chi connectivity index (χ1n) is 14.4. The number of azide groups is 1. The zero-order chi connectivity index (χ0) is 31.6. The molecule has 11 heteroatoms. The highest BCUT2D eigenvalue weighted by Crippen LogP contribution is 2.44. The fourth-order valence-corrected chi connectivity index (χ4v) is 5.65. The number of aliphatic hydroxyl groups is 1. The molecule has 1 amide bonds. The van der Waals surface area contributed by atoms with E-state index in [2.05, 4.69) is 31.3 Å². The Morgan fingerprint density at radius 3 is 2.47 bits per heavy atom. The average molecular weight is 689 g/mol. The number of benzene rings is 4. The van der Waals surface area contributed by atoms with Gasteiger partial charge in [-0.25, -0.2) is 4.99 Å². The average Bonchev–Trinajstić information content (AvgIpc) is 3.45. The van der Waals surface area contributed by atoms with Gasteiger partial charge >= 0.3 is 0 Å². The Labute approximate surface area is 274 Å². The Balaban J connectivity index is 1.60. The van der Waals surface area contributed by atoms with Gasteiger partial charge in [-0.1, -0.05) is 87.2 Å². The number of halogens is 2. The Morgan fingerprint density at radius 1 is 1.04 bits per heavy atom. The van der Waals surface area contributed by atoms with E-state index < -0.39 is 11.6 Å². The number of amides is 1. The van der Waals surface area contributed by atoms with E-state index in [1.165, 1.54) is 0 Å². The van der Waals surface area contributed by atoms with E-state index in [4.69, 9.17) is 36.7 Å². The van der Waals surface area contributed by atoms with E-state index in [0.717, 1.165) is 21.2 Å². The summed E-state index contributed by atoms with van der Waals surface area (Å²) in [4.78, 5) is 22.6. The Bertz CT molecular complexity index is 1710. The van der Waals surface area contributed by atoms with Gasteiger partial charge < -0.3 is 19.9 Å². The maximum absolute atomic E-state index is 14.5. The maximum atomic E-state index is 14.5. The molecule has 4 aromatic rings. The highest BCUT2D eigenvalue weighted by atomic mass is 79.9. The minimum Gasteiger partial charge on any atom is -0.494 e. The SMILES string of the molecule is [N-]=[N+]=NCc1ccccc1[C@H]1OC(c2ccc(OCCCO)cc2)=N[C@@]1(Cc1ccc(Br)cc1)C(=O)NCc1ccccc1Cl. The molecule has 0 aromatic heterocycles. The number of nitrogens with one attached hydrogen (secondary N) is 1. The molecule has 0 bridgehead atoms. The van der Waals surface area contributed by atoms with Crippen LogP contribution >= 0.6 is 27.5 Å². The number of hydrogen-bond acceptors (Lipinski definition) is 6. The predicted octanol–water partition coefficient (Wildman–Crippen LogP) is 7.49. The molecule has 1 aliphatic rings. The summed E-state index contributed by atoms with van der Waals surface area (Å²) in [5, 5.41) is 16.5. The third-order valence-corrected chi connectivity index (χ3v) is 8.35. The van der Waals surface area contributed by atoms with E-state index in [0.29, 0.717) is 40.8 Å². The lowest BCUT2D eigenvalue weighted by molar-refractivity contribution is -0.129. The van der Waals surface area contributed by atoms with Crippen LogP contribution in [0.4, 0.5) is 0 Å². The number of aliphatic imine (C=N–C) groups is 1. The number of ether oxygens (including phenoxy) is 2. The van der Waals surface area contributed by atoms with Gasteiger partial charge in [0.25, 0.3) is 5.91 Å². The van der Waals surface area contributed by atoms with Crippen LogP contribution in [-0.4, -0.2) is 35.7 Å². The van der Waals surface area contributed by atoms with Crippen LogP contribution in [-0.2, 0) is 29.0 Å². The quantitative estimate of drug-likeness (QED) is 0.0653. The summed E-state index contributed by atoms with van der Waals surface area (Å²) in [7, 11) is 0. The number of nitrogens with zero attached hydrogens (tertiary/aromatic N) is 4. The molecular formula is C34H31BrClN5O4. The summed E-state index contributed by atoms with van der Waals surface area (Å²) in [6.07, 6.45) is -0.106. The fraction of sp³-hybridized carbons (Fsp3) is 0.235. The minimum absolute atomic E-state index is 0.0459. The molecule has 9 nitrogen and oxygen atoms in total. The van der Waals surface area contributed by atoms with Crippen LogP contribution in [0.25, 0.3) is 10.4 Å². The van der Waals surface area contributed by atoms with Crippen molar-refractivity contribution in [3.05, 3.63) is 145 Å². The van der Waals surface area contributed by atoms with Crippen molar-refractivity contribution in [1.29, 1.82) is 0 Å². The summed E-state index contributed by atoms with van der Waals surface area (Å²) in [5.74, 6) is 0.596. The lowest BCUT2D eigenvalue weighted by Crippen LogP contribution is -2.50. The molecule has 1 heterocycles. The molecule has 0 saturated carbocycles. The standard InChI is InChI=1S/C34H31BrClN5O4/c35-27-14-10-23(11-15-27)20-34(33(43)38-21-26-7-2-4-9-30(26)36)31(29-8-3-1-6-25(29)22-39-41-37)45-32(40-34)24-12-16-28(17-13-24)44-19-5-18-42/h1-4,6-17,31,42H,5,18-22H2,(H,38,43)/t31-,34-/m1/s1. The Morgan fingerprint density at radius 2 is 1.76 bits per heavy atom. The summed E-state index contributed by atoms with van der Waals surface area (Å²) < 4.78 is 13.3. The molecule has 0 unspecified atom stereocenters. The van der Waals surface area contributed by atoms with E-state index >= 15 is 0 Å². The zero-order valence-electron chi connectivity index (χ0n) is 24.3. The molecule has 0 spiro atoms. The van der Waals surface area contributed by atoms with Crippen molar-refractivity contribution in [3.63, 3.8) is 0 Å². The van der Waals surface area contributed by atoms with Gasteiger partial charge in [0.15, 0.2) is 11.6 Å². The molecule has 4 aromatic carbocycles. The second-order valence-electron chi connectivity index (χ2n) is 10.5. The fourth-order valence-electron chi connectivity index (χ4n) is 5.18. The van der Waals surface area contributed by atoms with Crippen LogP contribution in [0, 0.1) is 0 Å². The second-order valence-corrected chi connectivity index (χ2v) is 11.8. The normalized spacial score (nSPS) is 17.1. The van der Waals surface area contributed by atoms with Crippen molar-refractivity contribution in [1.82, 2.24) is 5.32 Å². The second kappa shape index (κ2) is 15.1. The number of carbonyl (C=O) groups excluding carboxylic acids is 1. The monoisotopic (exact) mass is 687 g/mol. The van der Waals surface area contributed by atoms with Crippen molar-refractivity contribution < 1.29 is 19.4 Å². The van der Waals surface area contributed by atoms with Crippen molar-refractivity contribution in [3.8, 4) is 5.75 Å². The van der Waals surface area contributed by atoms with Gasteiger partial charge in [-0.2, -0.15) is 0 Å². The maximum Gasteiger partial charge on any atom is 0.252 e. The molecule has 0 aliphatic carbocycles. The predicted molar refractivity (Wildman–Crippen MR) is 177 cm³/mol. The summed E-state index contributed by atoms with van der Waals surface area (Å²) in [6.45, 7) is 0.708. The highest BCUT2D eigenvalue weighted by Gasteiger charge is 2.53. The molecule has 230 valence electrons. The Hall–Kier alpha value is -4.34. The van der Waals surface area contributed by atoms with Crippen molar-refractivity contribution in [2.24, 2.45) is 10.1 Å². The summed E-state index contributed by atoms with van der Waals surface area (Å²) in [5.41, 5.74) is 11.4. The lowest BCUT2D eigenvalue weighted by Gasteiger charge is -2.32. The van der Waals surface area contributed by atoms with Crippen LogP contribution in [0.5, 0.6) is 5.75 Å². The minimum atomic E-state index is -1.44. The summed E-state index contributed by atoms with van der Waals surface area (Å²) in [6, 6.07) is 29.8. The van der Waals surface area contributed by atoms with Crippen LogP contribution < -0.4 is 10.1 Å². The Kier molecular flexibility index (Phi) is 10.8. The number of aliphatic hydroxyl groups excluding tert-OH is 1. The van der Waals surface area contributed by atoms with Gasteiger partial charge in [0.05, 0.1) is 13.2 Å². The molecule has 45 heavy (non-hydrogen) atoms. The molecule has 5 rings (SSSR count). The lowest BCUT2D eigenvalue weighted by atomic mass is 9.80. The van der Waals surface area contributed by atoms with Gasteiger partial charge in [-0.05, 0) is 70.2 Å². The third-order valence-electron chi connectivity index (χ3n) is 7.46. The van der Waals surface area contributed by atoms with Crippen LogP contribution in [0.3, 0.4) is 0 Å². The van der Waals surface area contributed by atoms with Crippen LogP contribution in [0.1, 0.15) is 40.3 Å². The first-order valence-corrected chi connectivity index (χ1v) is 15.6. The van der Waals surface area contributed by atoms with Gasteiger partial charge in [0.2, 0.25) is 5.90 Å². The van der Waals surface area contributed by atoms with Gasteiger partial charge in [0, 0.05) is 46.0 Å². The van der Waals surface area contributed by atoms with E-state index in [1.807, 2.05) is 78.9 Å². The number of carbonyl (C=O) groups is 1. The topological polar surface area (TPSA) is 129 Å². The van der Waals surface area contributed by atoms with Gasteiger partial charge in [0.1, 0.15) is 5.75 Å². The third kappa shape index (κ3) is 7.67. The van der Waals surface area contributed by atoms with Crippen LogP contribution in [0.2, 0.25) is 5.02 Å². The molecule has 2 N–H and O–H groups in total. The van der Waals surface area contributed by atoms with Crippen molar-refractivity contribution in [2.45, 2.75) is 37.6 Å². The molecule has 0 saturated heterocycles. The smallest absolute Gasteiger partial charge is 0.252 e. The molecule has 2 atom stereocenters. The largest absolute Gasteiger partial charge is 0.494 e. The molecule has 0 fully saturated rings. The first-order chi connectivity index (χ1) is 21.9. The van der Waals surface area contributed by atoms with E-state index in [1.54, 1.807) is 18.2 Å². The summed E-state index contributed by atoms with van der Waals surface area (Å²) >= 11 is 9.93. The zero-order valence-corrected chi connectivity index (χ0v) is 26.6. The van der Waals surface area contributed by atoms with E-state index in [9.17, 15) is 4.79 Å². The van der Waals surface area contributed by atoms with Gasteiger partial charge in [-0.15, -0.1) is 0 Å². The van der Waals surface area contributed by atoms with E-state index in [-0.39, 0.29) is 32.0 Å².